The quantitative estimate of drug-likeness (QED) is 0.111. The fraction of sp³-hybridized carbons (Fsp3) is 0.0625. The molecule has 0 fully saturated rings. The van der Waals surface area contributed by atoms with E-state index in [4.69, 9.17) is 24.3 Å². The third-order valence-electron chi connectivity index (χ3n) is 12.3. The molecule has 0 aliphatic carbocycles. The first kappa shape index (κ1) is 53.9. The number of methoxy groups -OCH3 is 3. The summed E-state index contributed by atoms with van der Waals surface area (Å²) in [7, 11) is 3.54. The minimum Gasteiger partial charge on any atom is -0.497 e. The summed E-state index contributed by atoms with van der Waals surface area (Å²) in [6.45, 7) is 2.12. The largest absolute Gasteiger partial charge is 0.497 e. The molecule has 11 heteroatoms. The highest BCUT2D eigenvalue weighted by Gasteiger charge is 2.16. The molecule has 10 rings (SSSR count). The topological polar surface area (TPSA) is 74.6 Å². The fourth-order valence-electron chi connectivity index (χ4n) is 8.16. The summed E-state index contributed by atoms with van der Waals surface area (Å²) in [5.41, 5.74) is 15.4. The maximum Gasteiger partial charge on any atom is 0.488 e. The zero-order valence-electron chi connectivity index (χ0n) is 41.8. The van der Waals surface area contributed by atoms with Crippen molar-refractivity contribution in [1.29, 1.82) is 0 Å². The number of ether oxygens (including phenoxy) is 3. The van der Waals surface area contributed by atoms with Gasteiger partial charge in [-0.3, -0.25) is 0 Å². The Morgan fingerprint density at radius 1 is 0.293 bits per heavy atom. The molecule has 0 atom stereocenters. The van der Waals surface area contributed by atoms with E-state index in [1.54, 1.807) is 45.6 Å². The third-order valence-corrected chi connectivity index (χ3v) is 13.9. The molecule has 0 amide bonds. The van der Waals surface area contributed by atoms with Crippen LogP contribution in [0.5, 0.6) is 17.2 Å². The van der Waals surface area contributed by atoms with Gasteiger partial charge in [-0.25, -0.2) is 0 Å². The van der Waals surface area contributed by atoms with Crippen LogP contribution >= 0.6 is 47.8 Å². The first-order chi connectivity index (χ1) is 36.5. The first-order valence-electron chi connectivity index (χ1n) is 24.0. The number of benzene rings is 10. The summed E-state index contributed by atoms with van der Waals surface area (Å²) >= 11 is 10.5. The van der Waals surface area contributed by atoms with E-state index in [-0.39, 0.29) is 0 Å². The monoisotopic (exact) mass is 1180 g/mol. The van der Waals surface area contributed by atoms with Crippen molar-refractivity contribution >= 4 is 94.5 Å². The molecule has 2 N–H and O–H groups in total. The van der Waals surface area contributed by atoms with E-state index in [0.717, 1.165) is 81.3 Å². The summed E-state index contributed by atoms with van der Waals surface area (Å²) in [5, 5.41) is 17.4. The van der Waals surface area contributed by atoms with Crippen LogP contribution in [-0.4, -0.2) is 38.5 Å². The fourth-order valence-corrected chi connectivity index (χ4v) is 8.96. The van der Waals surface area contributed by atoms with Gasteiger partial charge in [-0.1, -0.05) is 150 Å². The van der Waals surface area contributed by atoms with E-state index in [0.29, 0.717) is 11.2 Å². The van der Waals surface area contributed by atoms with Crippen molar-refractivity contribution in [1.82, 2.24) is 0 Å². The molecule has 0 aliphatic heterocycles. The van der Waals surface area contributed by atoms with Crippen LogP contribution in [0.3, 0.4) is 0 Å². The number of hydrogen-bond acceptors (Lipinski definition) is 7. The van der Waals surface area contributed by atoms with Crippen LogP contribution < -0.4 is 29.5 Å². The molecule has 75 heavy (non-hydrogen) atoms. The maximum atomic E-state index is 8.70. The highest BCUT2D eigenvalue weighted by Crippen LogP contribution is 2.39. The molecule has 0 aromatic heterocycles. The molecular weight excluding hydrogens is 1130 g/mol. The lowest BCUT2D eigenvalue weighted by Crippen LogP contribution is -2.29. The van der Waals surface area contributed by atoms with Crippen LogP contribution in [0.15, 0.2) is 256 Å². The molecule has 0 bridgehead atoms. The Bertz CT molecular complexity index is 3130. The van der Waals surface area contributed by atoms with Gasteiger partial charge in [0.05, 0.1) is 21.3 Å². The normalized spacial score (nSPS) is 10.5. The average Bonchev–Trinajstić information content (AvgIpc) is 3.46. The van der Waals surface area contributed by atoms with Crippen LogP contribution in [0.4, 0.5) is 34.1 Å². The van der Waals surface area contributed by atoms with Gasteiger partial charge in [0.2, 0.25) is 0 Å². The Morgan fingerprint density at radius 3 is 0.720 bits per heavy atom. The van der Waals surface area contributed by atoms with Crippen LogP contribution in [-0.2, 0) is 0 Å². The molecule has 10 aromatic carbocycles. The van der Waals surface area contributed by atoms with Crippen LogP contribution in [0.1, 0.15) is 5.56 Å². The molecular formula is C64H54BBr3N2O5. The predicted molar refractivity (Wildman–Crippen MR) is 322 cm³/mol. The van der Waals surface area contributed by atoms with Gasteiger partial charge in [-0.15, -0.1) is 0 Å². The second kappa shape index (κ2) is 26.2. The molecule has 0 unspecified atom stereocenters. The van der Waals surface area contributed by atoms with Crippen molar-refractivity contribution in [2.45, 2.75) is 6.92 Å². The molecule has 0 spiro atoms. The van der Waals surface area contributed by atoms with Gasteiger partial charge < -0.3 is 34.1 Å². The average molecular weight is 1180 g/mol. The highest BCUT2D eigenvalue weighted by atomic mass is 79.9. The van der Waals surface area contributed by atoms with E-state index in [1.807, 2.05) is 24.3 Å². The van der Waals surface area contributed by atoms with Crippen LogP contribution in [0.25, 0.3) is 33.4 Å². The van der Waals surface area contributed by atoms with Gasteiger partial charge in [0, 0.05) is 47.5 Å². The summed E-state index contributed by atoms with van der Waals surface area (Å²) < 4.78 is 18.8. The Morgan fingerprint density at radius 2 is 0.493 bits per heavy atom. The summed E-state index contributed by atoms with van der Waals surface area (Å²) in [4.78, 5) is 4.53. The Balaban J connectivity index is 0.000000187. The lowest BCUT2D eigenvalue weighted by atomic mass is 9.80. The van der Waals surface area contributed by atoms with Crippen LogP contribution in [0.2, 0.25) is 0 Å². The molecule has 10 aromatic rings. The third kappa shape index (κ3) is 14.5. The Kier molecular flexibility index (Phi) is 18.8. The van der Waals surface area contributed by atoms with Crippen LogP contribution in [0, 0.1) is 6.92 Å². The van der Waals surface area contributed by atoms with Gasteiger partial charge in [0.1, 0.15) is 17.2 Å². The van der Waals surface area contributed by atoms with Gasteiger partial charge in [-0.05, 0) is 191 Å². The SMILES string of the molecule is Brc1ccc(N(c2ccc(Br)cc2)c2ccc(Br)cc2)cc1.COc1ccc(-c2ccc(N(c3ccc(-c4ccc(C)cc4)cc3)c3ccc(-c4ccc(OC)cc4)cc3)cc2)cc1.COc1ccc(B(O)O)cc1. The van der Waals surface area contributed by atoms with Crippen molar-refractivity contribution < 1.29 is 24.3 Å². The van der Waals surface area contributed by atoms with Gasteiger partial charge >= 0.3 is 7.12 Å². The number of hydrogen-bond donors (Lipinski definition) is 2. The number of rotatable bonds is 13. The molecule has 0 radical (unpaired) electrons. The smallest absolute Gasteiger partial charge is 0.488 e. The van der Waals surface area contributed by atoms with E-state index in [9.17, 15) is 0 Å². The lowest BCUT2D eigenvalue weighted by molar-refractivity contribution is 0.414. The number of halogens is 3. The van der Waals surface area contributed by atoms with E-state index >= 15 is 0 Å². The highest BCUT2D eigenvalue weighted by molar-refractivity contribution is 9.11. The van der Waals surface area contributed by atoms with Gasteiger partial charge in [0.25, 0.3) is 0 Å². The van der Waals surface area contributed by atoms with Crippen molar-refractivity contribution in [3.8, 4) is 50.6 Å². The van der Waals surface area contributed by atoms with E-state index < -0.39 is 7.12 Å². The standard InChI is InChI=1S/C39H33NO2.C18H12Br3N.C7H9BO3/c1-28-4-6-29(7-5-28)30-8-18-35(19-9-30)40(36-20-10-31(11-21-36)33-14-24-38(41-2)25-15-33)37-22-12-32(13-23-37)34-16-26-39(42-3)27-17-34;19-13-1-7-16(8-2-13)22(17-9-3-14(20)4-10-17)18-11-5-15(21)6-12-18;1-11-7-4-2-6(3-5-7)8(9)10/h4-27H,1-3H3;1-12H;2-5,9-10H,1H3. The zero-order chi connectivity index (χ0) is 52.7. The predicted octanol–water partition coefficient (Wildman–Crippen LogP) is 17.3. The molecule has 0 saturated carbocycles. The lowest BCUT2D eigenvalue weighted by Gasteiger charge is -2.26. The second-order valence-electron chi connectivity index (χ2n) is 17.2. The Labute approximate surface area is 465 Å². The van der Waals surface area contributed by atoms with Gasteiger partial charge in [-0.2, -0.15) is 0 Å². The van der Waals surface area contributed by atoms with Crippen molar-refractivity contribution in [3.05, 3.63) is 262 Å². The number of nitrogens with zero attached hydrogens (tertiary/aromatic N) is 2. The molecule has 7 nitrogen and oxygen atoms in total. The van der Waals surface area contributed by atoms with Crippen molar-refractivity contribution in [2.24, 2.45) is 0 Å². The summed E-state index contributed by atoms with van der Waals surface area (Å²) in [6.07, 6.45) is 0. The van der Waals surface area contributed by atoms with E-state index in [2.05, 4.69) is 259 Å². The molecule has 374 valence electrons. The summed E-state index contributed by atoms with van der Waals surface area (Å²) in [5.74, 6) is 2.41. The maximum absolute atomic E-state index is 8.70. The summed E-state index contributed by atoms with van der Waals surface area (Å²) in [6, 6.07) is 82.8. The number of aryl methyl sites for hydroxylation is 1. The zero-order valence-corrected chi connectivity index (χ0v) is 46.6. The molecule has 0 saturated heterocycles. The minimum absolute atomic E-state index is 0.464. The Hall–Kier alpha value is -7.38. The number of anilines is 6. The molecule has 0 heterocycles. The van der Waals surface area contributed by atoms with Gasteiger partial charge in [0.15, 0.2) is 0 Å². The van der Waals surface area contributed by atoms with Crippen molar-refractivity contribution in [3.63, 3.8) is 0 Å². The minimum atomic E-state index is -1.40. The second-order valence-corrected chi connectivity index (χ2v) is 20.0. The van der Waals surface area contributed by atoms with E-state index in [1.165, 1.54) is 16.7 Å². The van der Waals surface area contributed by atoms with Crippen molar-refractivity contribution in [2.75, 3.05) is 31.1 Å². The first-order valence-corrected chi connectivity index (χ1v) is 26.4. The molecule has 0 aliphatic rings.